The van der Waals surface area contributed by atoms with Crippen LogP contribution >= 0.6 is 0 Å². The molecule has 0 aromatic heterocycles. The molecule has 0 radical (unpaired) electrons. The Hall–Kier alpha value is -0.0800. The molecule has 1 aliphatic heterocycles. The molecule has 15 heavy (non-hydrogen) atoms. The number of hydrogen-bond acceptors (Lipinski definition) is 2. The molecular weight excluding hydrogens is 184 g/mol. The average molecular weight is 210 g/mol. The van der Waals surface area contributed by atoms with Gasteiger partial charge in [0.1, 0.15) is 0 Å². The third-order valence-corrected chi connectivity index (χ3v) is 4.33. The number of rotatable bonds is 4. The second-order valence-electron chi connectivity index (χ2n) is 5.47. The number of hydrogen-bond donors (Lipinski definition) is 1. The quantitative estimate of drug-likeness (QED) is 0.764. The summed E-state index contributed by atoms with van der Waals surface area (Å²) in [6.45, 7) is 9.76. The van der Waals surface area contributed by atoms with Crippen molar-refractivity contribution in [2.45, 2.75) is 45.6 Å². The lowest BCUT2D eigenvalue weighted by atomic mass is 9.84. The van der Waals surface area contributed by atoms with E-state index >= 15 is 0 Å². The van der Waals surface area contributed by atoms with Crippen molar-refractivity contribution < 1.29 is 0 Å². The van der Waals surface area contributed by atoms with Crippen molar-refractivity contribution in [2.24, 2.45) is 11.8 Å². The lowest BCUT2D eigenvalue weighted by Crippen LogP contribution is -2.49. The van der Waals surface area contributed by atoms with Crippen LogP contribution in [0.1, 0.15) is 39.5 Å². The molecule has 2 aliphatic rings. The third kappa shape index (κ3) is 2.94. The van der Waals surface area contributed by atoms with E-state index in [1.165, 1.54) is 51.9 Å². The molecule has 1 saturated heterocycles. The second-order valence-corrected chi connectivity index (χ2v) is 5.47. The second kappa shape index (κ2) is 5.31. The van der Waals surface area contributed by atoms with Gasteiger partial charge in [-0.15, -0.1) is 0 Å². The van der Waals surface area contributed by atoms with Crippen LogP contribution in [0.4, 0.5) is 0 Å². The Morgan fingerprint density at radius 2 is 2.07 bits per heavy atom. The maximum Gasteiger partial charge on any atom is 0.0117 e. The molecular formula is C13H26N2. The highest BCUT2D eigenvalue weighted by Crippen LogP contribution is 2.26. The van der Waals surface area contributed by atoms with Crippen molar-refractivity contribution in [3.8, 4) is 0 Å². The first-order valence-electron chi connectivity index (χ1n) is 6.75. The van der Waals surface area contributed by atoms with Gasteiger partial charge >= 0.3 is 0 Å². The first-order valence-corrected chi connectivity index (χ1v) is 6.75. The molecule has 0 aromatic carbocycles. The van der Waals surface area contributed by atoms with Crippen LogP contribution in [0.3, 0.4) is 0 Å². The highest BCUT2D eigenvalue weighted by Gasteiger charge is 2.26. The molecule has 0 amide bonds. The summed E-state index contributed by atoms with van der Waals surface area (Å²) in [5.41, 5.74) is 0. The van der Waals surface area contributed by atoms with Crippen molar-refractivity contribution in [1.29, 1.82) is 0 Å². The number of nitrogens with zero attached hydrogens (tertiary/aromatic N) is 1. The maximum absolute atomic E-state index is 3.79. The third-order valence-electron chi connectivity index (χ3n) is 4.33. The fraction of sp³-hybridized carbons (Fsp3) is 1.00. The molecule has 1 aliphatic carbocycles. The normalized spacial score (nSPS) is 34.0. The molecule has 2 atom stereocenters. The molecule has 2 heteroatoms. The van der Waals surface area contributed by atoms with Crippen LogP contribution in [0.25, 0.3) is 0 Å². The Bertz CT molecular complexity index is 189. The van der Waals surface area contributed by atoms with E-state index in [1.54, 1.807) is 0 Å². The Labute approximate surface area is 94.4 Å². The van der Waals surface area contributed by atoms with E-state index in [0.717, 1.165) is 17.9 Å². The highest BCUT2D eigenvalue weighted by atomic mass is 15.1. The van der Waals surface area contributed by atoms with Crippen molar-refractivity contribution in [1.82, 2.24) is 10.2 Å². The summed E-state index contributed by atoms with van der Waals surface area (Å²) in [5, 5.41) is 3.79. The topological polar surface area (TPSA) is 15.3 Å². The monoisotopic (exact) mass is 210 g/mol. The molecule has 1 saturated carbocycles. The summed E-state index contributed by atoms with van der Waals surface area (Å²) in [7, 11) is 0. The van der Waals surface area contributed by atoms with Crippen LogP contribution in [0.2, 0.25) is 0 Å². The first-order chi connectivity index (χ1) is 7.29. The van der Waals surface area contributed by atoms with Gasteiger partial charge in [0, 0.05) is 12.6 Å². The summed E-state index contributed by atoms with van der Waals surface area (Å²) in [6, 6.07) is 0.786. The molecule has 2 rings (SSSR count). The zero-order valence-electron chi connectivity index (χ0n) is 10.3. The lowest BCUT2D eigenvalue weighted by Gasteiger charge is -2.38. The fourth-order valence-corrected chi connectivity index (χ4v) is 2.84. The van der Waals surface area contributed by atoms with Gasteiger partial charge in [-0.05, 0) is 50.7 Å². The largest absolute Gasteiger partial charge is 0.313 e. The Kier molecular flexibility index (Phi) is 4.04. The van der Waals surface area contributed by atoms with E-state index in [-0.39, 0.29) is 0 Å². The predicted molar refractivity (Wildman–Crippen MR) is 65.0 cm³/mol. The minimum atomic E-state index is 0.786. The molecule has 0 spiro atoms. The van der Waals surface area contributed by atoms with Crippen LogP contribution in [0.5, 0.6) is 0 Å². The highest BCUT2D eigenvalue weighted by molar-refractivity contribution is 4.84. The van der Waals surface area contributed by atoms with Gasteiger partial charge in [-0.2, -0.15) is 0 Å². The molecule has 1 N–H and O–H groups in total. The standard InChI is InChI=1S/C13H26N2/c1-3-15-8-7-13(11(2)10-15)14-9-12-5-4-6-12/h11-14H,3-10H2,1-2H3. The van der Waals surface area contributed by atoms with E-state index in [9.17, 15) is 0 Å². The van der Waals surface area contributed by atoms with Crippen LogP contribution in [0, 0.1) is 11.8 Å². The van der Waals surface area contributed by atoms with E-state index in [4.69, 9.17) is 0 Å². The van der Waals surface area contributed by atoms with E-state index < -0.39 is 0 Å². The van der Waals surface area contributed by atoms with Crippen molar-refractivity contribution in [2.75, 3.05) is 26.2 Å². The Balaban J connectivity index is 1.68. The van der Waals surface area contributed by atoms with Crippen LogP contribution in [-0.4, -0.2) is 37.1 Å². The summed E-state index contributed by atoms with van der Waals surface area (Å²) < 4.78 is 0. The minimum Gasteiger partial charge on any atom is -0.313 e. The minimum absolute atomic E-state index is 0.786. The smallest absolute Gasteiger partial charge is 0.0117 e. The van der Waals surface area contributed by atoms with E-state index in [1.807, 2.05) is 0 Å². The van der Waals surface area contributed by atoms with Gasteiger partial charge in [0.25, 0.3) is 0 Å². The average Bonchev–Trinajstić information content (AvgIpc) is 2.18. The number of piperidine rings is 1. The van der Waals surface area contributed by atoms with Gasteiger partial charge in [-0.1, -0.05) is 20.3 Å². The van der Waals surface area contributed by atoms with Gasteiger partial charge < -0.3 is 10.2 Å². The van der Waals surface area contributed by atoms with Crippen LogP contribution < -0.4 is 5.32 Å². The summed E-state index contributed by atoms with van der Waals surface area (Å²) >= 11 is 0. The van der Waals surface area contributed by atoms with Crippen molar-refractivity contribution in [3.05, 3.63) is 0 Å². The number of nitrogens with one attached hydrogen (secondary N) is 1. The zero-order valence-corrected chi connectivity index (χ0v) is 10.3. The SMILES string of the molecule is CCN1CCC(NCC2CCC2)C(C)C1. The van der Waals surface area contributed by atoms with Crippen molar-refractivity contribution >= 4 is 0 Å². The molecule has 2 nitrogen and oxygen atoms in total. The Morgan fingerprint density at radius 1 is 1.27 bits per heavy atom. The fourth-order valence-electron chi connectivity index (χ4n) is 2.84. The van der Waals surface area contributed by atoms with Gasteiger partial charge in [-0.25, -0.2) is 0 Å². The Morgan fingerprint density at radius 3 is 2.60 bits per heavy atom. The molecule has 88 valence electrons. The summed E-state index contributed by atoms with van der Waals surface area (Å²) in [5.74, 6) is 1.83. The zero-order chi connectivity index (χ0) is 10.7. The molecule has 2 fully saturated rings. The molecule has 0 aromatic rings. The van der Waals surface area contributed by atoms with Gasteiger partial charge in [0.15, 0.2) is 0 Å². The van der Waals surface area contributed by atoms with Gasteiger partial charge in [0.2, 0.25) is 0 Å². The van der Waals surface area contributed by atoms with Crippen LogP contribution in [-0.2, 0) is 0 Å². The lowest BCUT2D eigenvalue weighted by molar-refractivity contribution is 0.145. The first kappa shape index (κ1) is 11.4. The molecule has 2 unspecified atom stereocenters. The predicted octanol–water partition coefficient (Wildman–Crippen LogP) is 2.11. The van der Waals surface area contributed by atoms with E-state index in [2.05, 4.69) is 24.1 Å². The van der Waals surface area contributed by atoms with Gasteiger partial charge in [0.05, 0.1) is 0 Å². The van der Waals surface area contributed by atoms with E-state index in [0.29, 0.717) is 0 Å². The van der Waals surface area contributed by atoms with Gasteiger partial charge in [-0.3, -0.25) is 0 Å². The van der Waals surface area contributed by atoms with Crippen molar-refractivity contribution in [3.63, 3.8) is 0 Å². The summed E-state index contributed by atoms with van der Waals surface area (Å²) in [4.78, 5) is 2.58. The number of likely N-dealkylation sites (tertiary alicyclic amines) is 1. The molecule has 1 heterocycles. The maximum atomic E-state index is 3.79. The molecule has 0 bridgehead atoms. The van der Waals surface area contributed by atoms with Crippen LogP contribution in [0.15, 0.2) is 0 Å². The summed E-state index contributed by atoms with van der Waals surface area (Å²) in [6.07, 6.45) is 5.75.